The minimum absolute atomic E-state index is 0.153. The summed E-state index contributed by atoms with van der Waals surface area (Å²) in [7, 11) is -2.09. The predicted molar refractivity (Wildman–Crippen MR) is 79.6 cm³/mol. The van der Waals surface area contributed by atoms with Crippen LogP contribution in [0.3, 0.4) is 0 Å². The lowest BCUT2D eigenvalue weighted by molar-refractivity contribution is 0.415. The summed E-state index contributed by atoms with van der Waals surface area (Å²) in [4.78, 5) is 0.153. The first-order valence-electron chi connectivity index (χ1n) is 6.18. The molecule has 0 bridgehead atoms. The quantitative estimate of drug-likeness (QED) is 0.920. The summed E-state index contributed by atoms with van der Waals surface area (Å²) in [6, 6.07) is 14.8. The van der Waals surface area contributed by atoms with Crippen molar-refractivity contribution >= 4 is 15.7 Å². The van der Waals surface area contributed by atoms with Gasteiger partial charge in [0.25, 0.3) is 10.0 Å². The van der Waals surface area contributed by atoms with Gasteiger partial charge >= 0.3 is 0 Å². The molecule has 21 heavy (non-hydrogen) atoms. The summed E-state index contributed by atoms with van der Waals surface area (Å²) in [5, 5.41) is 8.60. The van der Waals surface area contributed by atoms with Gasteiger partial charge in [0.2, 0.25) is 0 Å². The van der Waals surface area contributed by atoms with E-state index < -0.39 is 10.0 Å². The largest absolute Gasteiger partial charge is 0.497 e. The molecule has 0 heterocycles. The van der Waals surface area contributed by atoms with Gasteiger partial charge in [0.15, 0.2) is 0 Å². The summed E-state index contributed by atoms with van der Waals surface area (Å²) in [5.41, 5.74) is 1.23. The average Bonchev–Trinajstić information content (AvgIpc) is 2.48. The fourth-order valence-corrected chi connectivity index (χ4v) is 2.81. The normalized spacial score (nSPS) is 10.7. The van der Waals surface area contributed by atoms with Crippen molar-refractivity contribution in [2.75, 3.05) is 11.8 Å². The molecule has 6 heteroatoms. The number of anilines is 1. The predicted octanol–water partition coefficient (Wildman–Crippen LogP) is 2.56. The summed E-state index contributed by atoms with van der Waals surface area (Å²) < 4.78 is 31.9. The van der Waals surface area contributed by atoms with E-state index >= 15 is 0 Å². The van der Waals surface area contributed by atoms with Crippen molar-refractivity contribution in [3.8, 4) is 11.8 Å². The topological polar surface area (TPSA) is 79.2 Å². The number of benzene rings is 2. The maximum absolute atomic E-state index is 12.2. The number of hydrogen-bond acceptors (Lipinski definition) is 4. The molecule has 0 unspecified atom stereocenters. The van der Waals surface area contributed by atoms with Crippen molar-refractivity contribution < 1.29 is 13.2 Å². The smallest absolute Gasteiger partial charge is 0.261 e. The molecule has 0 radical (unpaired) electrons. The second kappa shape index (κ2) is 6.29. The number of ether oxygens (including phenoxy) is 1. The Morgan fingerprint density at radius 3 is 2.24 bits per heavy atom. The first kappa shape index (κ1) is 14.9. The van der Waals surface area contributed by atoms with Crippen LogP contribution in [0.4, 0.5) is 5.69 Å². The van der Waals surface area contributed by atoms with Crippen LogP contribution in [0.1, 0.15) is 5.56 Å². The lowest BCUT2D eigenvalue weighted by atomic mass is 10.2. The van der Waals surface area contributed by atoms with E-state index in [4.69, 9.17) is 10.00 Å². The first-order chi connectivity index (χ1) is 10.0. The van der Waals surface area contributed by atoms with Crippen LogP contribution in [0.25, 0.3) is 0 Å². The summed E-state index contributed by atoms with van der Waals surface area (Å²) >= 11 is 0. The molecule has 1 N–H and O–H groups in total. The minimum Gasteiger partial charge on any atom is -0.497 e. The molecule has 2 rings (SSSR count). The standard InChI is InChI=1S/C15H14N2O3S/c1-20-14-6-4-13(5-7-14)17-21(18,19)15-8-2-12(3-9-15)10-11-16/h2-9,17H,10H2,1H3. The number of sulfonamides is 1. The van der Waals surface area contributed by atoms with Crippen LogP contribution < -0.4 is 9.46 Å². The Balaban J connectivity index is 2.19. The van der Waals surface area contributed by atoms with Crippen LogP contribution in [0.15, 0.2) is 53.4 Å². The van der Waals surface area contributed by atoms with Gasteiger partial charge < -0.3 is 4.74 Å². The molecule has 0 aliphatic carbocycles. The van der Waals surface area contributed by atoms with Crippen molar-refractivity contribution in [2.45, 2.75) is 11.3 Å². The molecule has 0 aliphatic heterocycles. The van der Waals surface area contributed by atoms with Crippen LogP contribution in [0.5, 0.6) is 5.75 Å². The second-order valence-corrected chi connectivity index (χ2v) is 6.00. The second-order valence-electron chi connectivity index (χ2n) is 4.31. The van der Waals surface area contributed by atoms with Gasteiger partial charge in [-0.1, -0.05) is 12.1 Å². The maximum atomic E-state index is 12.2. The van der Waals surface area contributed by atoms with Gasteiger partial charge in [-0.2, -0.15) is 5.26 Å². The van der Waals surface area contributed by atoms with Gasteiger partial charge in [-0.15, -0.1) is 0 Å². The molecule has 0 saturated carbocycles. The number of nitrogens with zero attached hydrogens (tertiary/aromatic N) is 1. The van der Waals surface area contributed by atoms with Crippen LogP contribution >= 0.6 is 0 Å². The van der Waals surface area contributed by atoms with Crippen LogP contribution in [0, 0.1) is 11.3 Å². The molecule has 2 aromatic carbocycles. The van der Waals surface area contributed by atoms with Crippen molar-refractivity contribution in [3.63, 3.8) is 0 Å². The van der Waals surface area contributed by atoms with Gasteiger partial charge in [-0.3, -0.25) is 4.72 Å². The van der Waals surface area contributed by atoms with Crippen LogP contribution in [-0.4, -0.2) is 15.5 Å². The Hall–Kier alpha value is -2.52. The monoisotopic (exact) mass is 302 g/mol. The lowest BCUT2D eigenvalue weighted by Crippen LogP contribution is -2.12. The summed E-state index contributed by atoms with van der Waals surface area (Å²) in [6.07, 6.45) is 0.256. The fraction of sp³-hybridized carbons (Fsp3) is 0.133. The molecular formula is C15H14N2O3S. The van der Waals surface area contributed by atoms with E-state index in [0.29, 0.717) is 11.4 Å². The molecule has 0 fully saturated rings. The Morgan fingerprint density at radius 1 is 1.10 bits per heavy atom. The number of nitriles is 1. The van der Waals surface area contributed by atoms with Crippen LogP contribution in [0.2, 0.25) is 0 Å². The van der Waals surface area contributed by atoms with Crippen molar-refractivity contribution in [1.82, 2.24) is 0 Å². The molecule has 108 valence electrons. The van der Waals surface area contributed by atoms with E-state index in [1.54, 1.807) is 43.5 Å². The van der Waals surface area contributed by atoms with Crippen molar-refractivity contribution in [3.05, 3.63) is 54.1 Å². The van der Waals surface area contributed by atoms with E-state index in [1.807, 2.05) is 6.07 Å². The highest BCUT2D eigenvalue weighted by molar-refractivity contribution is 7.92. The Bertz CT molecular complexity index is 745. The third-order valence-corrected chi connectivity index (χ3v) is 4.26. The molecule has 0 aliphatic rings. The molecule has 0 spiro atoms. The van der Waals surface area contributed by atoms with E-state index in [1.165, 1.54) is 12.1 Å². The number of hydrogen-bond donors (Lipinski definition) is 1. The number of methoxy groups -OCH3 is 1. The third-order valence-electron chi connectivity index (χ3n) is 2.86. The zero-order valence-corrected chi connectivity index (χ0v) is 12.2. The molecule has 0 amide bonds. The summed E-state index contributed by atoms with van der Waals surface area (Å²) in [6.45, 7) is 0. The molecule has 0 aromatic heterocycles. The lowest BCUT2D eigenvalue weighted by Gasteiger charge is -2.09. The van der Waals surface area contributed by atoms with E-state index in [-0.39, 0.29) is 11.3 Å². The highest BCUT2D eigenvalue weighted by Crippen LogP contribution is 2.19. The van der Waals surface area contributed by atoms with Crippen LogP contribution in [-0.2, 0) is 16.4 Å². The van der Waals surface area contributed by atoms with E-state index in [9.17, 15) is 8.42 Å². The van der Waals surface area contributed by atoms with Gasteiger partial charge in [0, 0.05) is 5.69 Å². The Morgan fingerprint density at radius 2 is 1.71 bits per heavy atom. The van der Waals surface area contributed by atoms with Gasteiger partial charge in [-0.05, 0) is 42.0 Å². The molecule has 5 nitrogen and oxygen atoms in total. The highest BCUT2D eigenvalue weighted by Gasteiger charge is 2.13. The Kier molecular flexibility index (Phi) is 4.45. The molecule has 0 atom stereocenters. The van der Waals surface area contributed by atoms with E-state index in [0.717, 1.165) is 5.56 Å². The van der Waals surface area contributed by atoms with Gasteiger partial charge in [0.05, 0.1) is 24.5 Å². The molecular weight excluding hydrogens is 288 g/mol. The van der Waals surface area contributed by atoms with Gasteiger partial charge in [0.1, 0.15) is 5.75 Å². The fourth-order valence-electron chi connectivity index (χ4n) is 1.75. The maximum Gasteiger partial charge on any atom is 0.261 e. The van der Waals surface area contributed by atoms with Gasteiger partial charge in [-0.25, -0.2) is 8.42 Å². The Labute approximate surface area is 123 Å². The minimum atomic E-state index is -3.64. The first-order valence-corrected chi connectivity index (χ1v) is 7.66. The summed E-state index contributed by atoms with van der Waals surface area (Å²) in [5.74, 6) is 0.652. The van der Waals surface area contributed by atoms with Crippen molar-refractivity contribution in [2.24, 2.45) is 0 Å². The average molecular weight is 302 g/mol. The van der Waals surface area contributed by atoms with Crippen molar-refractivity contribution in [1.29, 1.82) is 5.26 Å². The molecule has 0 saturated heterocycles. The number of rotatable bonds is 5. The molecule has 2 aromatic rings. The van der Waals surface area contributed by atoms with E-state index in [2.05, 4.69) is 4.72 Å². The number of nitrogens with one attached hydrogen (secondary N) is 1. The zero-order valence-electron chi connectivity index (χ0n) is 11.4. The highest BCUT2D eigenvalue weighted by atomic mass is 32.2. The zero-order chi connectivity index (χ0) is 15.3. The SMILES string of the molecule is COc1ccc(NS(=O)(=O)c2ccc(CC#N)cc2)cc1. The third kappa shape index (κ3) is 3.74.